The summed E-state index contributed by atoms with van der Waals surface area (Å²) in [5.41, 5.74) is 0. The van der Waals surface area contributed by atoms with Crippen molar-refractivity contribution in [2.24, 2.45) is 0 Å². The molecule has 2 heteroatoms. The zero-order chi connectivity index (χ0) is 6.85. The van der Waals surface area contributed by atoms with E-state index in [1.807, 2.05) is 16.8 Å². The van der Waals surface area contributed by atoms with E-state index in [0.29, 0.717) is 6.04 Å². The van der Waals surface area contributed by atoms with E-state index in [-0.39, 0.29) is 0 Å². The lowest BCUT2D eigenvalue weighted by Crippen LogP contribution is -1.95. The van der Waals surface area contributed by atoms with E-state index in [1.165, 1.54) is 0 Å². The molecule has 0 saturated carbocycles. The van der Waals surface area contributed by atoms with Gasteiger partial charge in [0, 0.05) is 16.7 Å². The first-order valence-electron chi connectivity index (χ1n) is 2.95. The minimum absolute atomic E-state index is 0.510. The first-order chi connectivity index (χ1) is 4.20. The van der Waals surface area contributed by atoms with Crippen molar-refractivity contribution in [1.82, 2.24) is 4.57 Å². The predicted octanol–water partition coefficient (Wildman–Crippen LogP) is 2.63. The summed E-state index contributed by atoms with van der Waals surface area (Å²) in [6.07, 6.45) is 5.09. The van der Waals surface area contributed by atoms with Crippen LogP contribution in [0.3, 0.4) is 0 Å². The van der Waals surface area contributed by atoms with Crippen LogP contribution in [-0.2, 0) is 0 Å². The van der Waals surface area contributed by atoms with Crippen molar-refractivity contribution in [2.75, 3.05) is 0 Å². The summed E-state index contributed by atoms with van der Waals surface area (Å²) in [4.78, 5) is 0. The Morgan fingerprint density at radius 2 is 2.33 bits per heavy atom. The minimum atomic E-state index is 0.510. The molecule has 1 aromatic heterocycles. The molecule has 9 heavy (non-hydrogen) atoms. The molecule has 0 aliphatic carbocycles. The van der Waals surface area contributed by atoms with Crippen LogP contribution in [0.2, 0.25) is 0 Å². The summed E-state index contributed by atoms with van der Waals surface area (Å²) in [6.45, 7) is 4.26. The molecule has 0 N–H and O–H groups in total. The average Bonchev–Trinajstić information content (AvgIpc) is 2.14. The number of rotatable bonds is 1. The lowest BCUT2D eigenvalue weighted by molar-refractivity contribution is 0.599. The molecule has 1 radical (unpaired) electrons. The molecule has 1 rings (SSSR count). The standard InChI is InChI=1S/C7H9BrN/c1-6(2)9-4-3-7(8)5-9/h3,5-6H,1-2H3. The smallest absolute Gasteiger partial charge is 0.0662 e. The highest BCUT2D eigenvalue weighted by atomic mass is 79.9. The molecule has 0 aromatic carbocycles. The van der Waals surface area contributed by atoms with Crippen molar-refractivity contribution < 1.29 is 0 Å². The van der Waals surface area contributed by atoms with Gasteiger partial charge in [0.1, 0.15) is 0 Å². The van der Waals surface area contributed by atoms with Crippen LogP contribution < -0.4 is 0 Å². The van der Waals surface area contributed by atoms with Gasteiger partial charge in [0.25, 0.3) is 0 Å². The van der Waals surface area contributed by atoms with Gasteiger partial charge in [-0.3, -0.25) is 0 Å². The van der Waals surface area contributed by atoms with Gasteiger partial charge in [0.05, 0.1) is 6.20 Å². The molecule has 0 amide bonds. The topological polar surface area (TPSA) is 4.93 Å². The third kappa shape index (κ3) is 1.58. The van der Waals surface area contributed by atoms with Crippen molar-refractivity contribution in [3.05, 3.63) is 22.9 Å². The molecule has 49 valence electrons. The van der Waals surface area contributed by atoms with Gasteiger partial charge < -0.3 is 4.57 Å². The number of hydrogen-bond acceptors (Lipinski definition) is 0. The van der Waals surface area contributed by atoms with Crippen LogP contribution in [0, 0.1) is 6.20 Å². The molecule has 0 atom stereocenters. The van der Waals surface area contributed by atoms with Crippen LogP contribution in [0.25, 0.3) is 0 Å². The molecule has 0 unspecified atom stereocenters. The maximum absolute atomic E-state index is 3.35. The highest BCUT2D eigenvalue weighted by Crippen LogP contribution is 2.12. The predicted molar refractivity (Wildman–Crippen MR) is 41.4 cm³/mol. The Bertz CT molecular complexity index is 191. The zero-order valence-corrected chi connectivity index (χ0v) is 7.14. The quantitative estimate of drug-likeness (QED) is 0.636. The van der Waals surface area contributed by atoms with E-state index in [9.17, 15) is 0 Å². The Morgan fingerprint density at radius 1 is 1.67 bits per heavy atom. The molecule has 0 fully saturated rings. The molecular weight excluding hydrogens is 178 g/mol. The van der Waals surface area contributed by atoms with Gasteiger partial charge in [0.2, 0.25) is 0 Å². The Hall–Kier alpha value is -0.240. The Kier molecular flexibility index (Phi) is 1.96. The first kappa shape index (κ1) is 6.87. The van der Waals surface area contributed by atoms with Crippen molar-refractivity contribution in [3.8, 4) is 0 Å². The molecule has 1 heterocycles. The van der Waals surface area contributed by atoms with Gasteiger partial charge in [-0.25, -0.2) is 0 Å². The van der Waals surface area contributed by atoms with Crippen LogP contribution in [0.4, 0.5) is 0 Å². The number of aromatic nitrogens is 1. The highest BCUT2D eigenvalue weighted by molar-refractivity contribution is 9.10. The number of nitrogens with zero attached hydrogens (tertiary/aromatic N) is 1. The zero-order valence-electron chi connectivity index (χ0n) is 5.56. The van der Waals surface area contributed by atoms with Crippen molar-refractivity contribution >= 4 is 15.9 Å². The van der Waals surface area contributed by atoms with Crippen LogP contribution in [-0.4, -0.2) is 4.57 Å². The molecule has 0 aliphatic heterocycles. The largest absolute Gasteiger partial charge is 0.343 e. The van der Waals surface area contributed by atoms with Gasteiger partial charge in [-0.05, 0) is 35.8 Å². The number of halogens is 1. The van der Waals surface area contributed by atoms with Crippen LogP contribution >= 0.6 is 15.9 Å². The summed E-state index contributed by atoms with van der Waals surface area (Å²) < 4.78 is 3.13. The van der Waals surface area contributed by atoms with E-state index in [1.54, 1.807) is 0 Å². The van der Waals surface area contributed by atoms with Crippen LogP contribution in [0.1, 0.15) is 19.9 Å². The second-order valence-corrected chi connectivity index (χ2v) is 3.20. The first-order valence-corrected chi connectivity index (χ1v) is 3.74. The van der Waals surface area contributed by atoms with Crippen molar-refractivity contribution in [3.63, 3.8) is 0 Å². The van der Waals surface area contributed by atoms with E-state index >= 15 is 0 Å². The van der Waals surface area contributed by atoms with E-state index < -0.39 is 0 Å². The van der Waals surface area contributed by atoms with Crippen LogP contribution in [0.5, 0.6) is 0 Å². The minimum Gasteiger partial charge on any atom is -0.343 e. The van der Waals surface area contributed by atoms with Crippen molar-refractivity contribution in [1.29, 1.82) is 0 Å². The van der Waals surface area contributed by atoms with Crippen LogP contribution in [0.15, 0.2) is 16.7 Å². The SMILES string of the molecule is CC(C)n1[c]cc(Br)c1. The Balaban J connectivity index is 2.85. The fourth-order valence-electron chi connectivity index (χ4n) is 0.642. The second kappa shape index (κ2) is 2.56. The summed E-state index contributed by atoms with van der Waals surface area (Å²) >= 11 is 3.35. The average molecular weight is 187 g/mol. The van der Waals surface area contributed by atoms with E-state index in [4.69, 9.17) is 0 Å². The van der Waals surface area contributed by atoms with Gasteiger partial charge in [-0.15, -0.1) is 0 Å². The molecule has 0 saturated heterocycles. The monoisotopic (exact) mass is 186 g/mol. The third-order valence-corrected chi connectivity index (χ3v) is 1.60. The second-order valence-electron chi connectivity index (χ2n) is 2.29. The summed E-state index contributed by atoms with van der Waals surface area (Å²) in [5.74, 6) is 0. The highest BCUT2D eigenvalue weighted by Gasteiger charge is 1.95. The summed E-state index contributed by atoms with van der Waals surface area (Å²) in [7, 11) is 0. The number of hydrogen-bond donors (Lipinski definition) is 0. The van der Waals surface area contributed by atoms with Gasteiger partial charge >= 0.3 is 0 Å². The summed E-state index contributed by atoms with van der Waals surface area (Å²) in [6, 6.07) is 2.43. The molecule has 0 bridgehead atoms. The lowest BCUT2D eigenvalue weighted by Gasteiger charge is -2.03. The maximum Gasteiger partial charge on any atom is 0.0662 e. The maximum atomic E-state index is 3.35. The normalized spacial score (nSPS) is 10.7. The Labute approximate surface area is 63.8 Å². The van der Waals surface area contributed by atoms with Gasteiger partial charge in [0.15, 0.2) is 0 Å². The molecule has 1 aromatic rings. The molecule has 1 nitrogen and oxygen atoms in total. The van der Waals surface area contributed by atoms with E-state index in [0.717, 1.165) is 4.47 Å². The lowest BCUT2D eigenvalue weighted by atomic mass is 10.4. The molecule has 0 spiro atoms. The van der Waals surface area contributed by atoms with Crippen molar-refractivity contribution in [2.45, 2.75) is 19.9 Å². The molecular formula is C7H9BrN. The summed E-state index contributed by atoms with van der Waals surface area (Å²) in [5, 5.41) is 0. The van der Waals surface area contributed by atoms with Gasteiger partial charge in [-0.2, -0.15) is 0 Å². The third-order valence-electron chi connectivity index (χ3n) is 1.17. The van der Waals surface area contributed by atoms with Gasteiger partial charge in [-0.1, -0.05) is 0 Å². The van der Waals surface area contributed by atoms with E-state index in [2.05, 4.69) is 36.0 Å². The Morgan fingerprint density at radius 3 is 2.56 bits per heavy atom. The fourth-order valence-corrected chi connectivity index (χ4v) is 0.965. The molecule has 0 aliphatic rings. The fraction of sp³-hybridized carbons (Fsp3) is 0.429.